The number of rotatable bonds is 3. The molecule has 2 aromatic rings. The Balaban J connectivity index is 2.43. The molecule has 0 atom stereocenters. The first kappa shape index (κ1) is 13.7. The van der Waals surface area contributed by atoms with Crippen molar-refractivity contribution in [3.05, 3.63) is 53.3 Å². The zero-order valence-electron chi connectivity index (χ0n) is 9.27. The number of aromatic nitrogens is 1. The minimum absolute atomic E-state index is 0.0701. The lowest BCUT2D eigenvalue weighted by Crippen LogP contribution is -2.15. The van der Waals surface area contributed by atoms with Crippen LogP contribution in [0.4, 0.5) is 14.5 Å². The van der Waals surface area contributed by atoms with Gasteiger partial charge >= 0.3 is 0 Å². The number of halogens is 3. The van der Waals surface area contributed by atoms with Gasteiger partial charge in [0.05, 0.1) is 10.7 Å². The molecule has 1 heterocycles. The van der Waals surface area contributed by atoms with E-state index in [1.165, 1.54) is 18.3 Å². The van der Waals surface area contributed by atoms with Crippen LogP contribution in [0.25, 0.3) is 0 Å². The van der Waals surface area contributed by atoms with Gasteiger partial charge in [-0.1, -0.05) is 17.7 Å². The molecule has 0 unspecified atom stereocenters. The van der Waals surface area contributed by atoms with Crippen molar-refractivity contribution in [2.24, 2.45) is 0 Å². The van der Waals surface area contributed by atoms with Crippen LogP contribution in [0.3, 0.4) is 0 Å². The zero-order valence-corrected chi connectivity index (χ0v) is 10.8. The zero-order chi connectivity index (χ0) is 14.0. The van der Waals surface area contributed by atoms with Crippen LogP contribution in [-0.4, -0.2) is 13.4 Å². The average Bonchev–Trinajstić information content (AvgIpc) is 2.35. The van der Waals surface area contributed by atoms with E-state index in [-0.39, 0.29) is 9.92 Å². The summed E-state index contributed by atoms with van der Waals surface area (Å²) >= 11 is 5.72. The summed E-state index contributed by atoms with van der Waals surface area (Å²) in [5.74, 6) is -2.44. The first-order valence-electron chi connectivity index (χ1n) is 4.98. The van der Waals surface area contributed by atoms with E-state index in [1.54, 1.807) is 0 Å². The molecule has 100 valence electrons. The standard InChI is InChI=1S/C11H7ClF2N2O2S/c12-7-4-5-15-6-10(7)19(17,18)16-9-3-1-2-8(13)11(9)14/h1-6,16H. The normalized spacial score (nSPS) is 11.3. The highest BCUT2D eigenvalue weighted by atomic mass is 35.5. The van der Waals surface area contributed by atoms with Crippen LogP contribution in [-0.2, 0) is 10.0 Å². The van der Waals surface area contributed by atoms with Gasteiger partial charge in [-0.3, -0.25) is 9.71 Å². The Morgan fingerprint density at radius 3 is 2.63 bits per heavy atom. The highest BCUT2D eigenvalue weighted by Gasteiger charge is 2.20. The molecule has 2 rings (SSSR count). The van der Waals surface area contributed by atoms with Crippen LogP contribution in [0.1, 0.15) is 0 Å². The lowest BCUT2D eigenvalue weighted by molar-refractivity contribution is 0.511. The SMILES string of the molecule is O=S(=O)(Nc1cccc(F)c1F)c1cnccc1Cl. The summed E-state index contributed by atoms with van der Waals surface area (Å²) in [5.41, 5.74) is -0.500. The second-order valence-corrected chi connectivity index (χ2v) is 5.57. The third-order valence-electron chi connectivity index (χ3n) is 2.22. The van der Waals surface area contributed by atoms with Gasteiger partial charge in [0.1, 0.15) is 4.90 Å². The van der Waals surface area contributed by atoms with Gasteiger partial charge in [-0.05, 0) is 18.2 Å². The maximum atomic E-state index is 13.4. The molecule has 0 aliphatic rings. The Morgan fingerprint density at radius 2 is 1.95 bits per heavy atom. The first-order chi connectivity index (χ1) is 8.92. The number of nitrogens with one attached hydrogen (secondary N) is 1. The van der Waals surface area contributed by atoms with Crippen molar-refractivity contribution in [1.29, 1.82) is 0 Å². The lowest BCUT2D eigenvalue weighted by atomic mass is 10.3. The quantitative estimate of drug-likeness (QED) is 0.948. The average molecular weight is 305 g/mol. The lowest BCUT2D eigenvalue weighted by Gasteiger charge is -2.09. The van der Waals surface area contributed by atoms with Crippen LogP contribution < -0.4 is 4.72 Å². The molecule has 0 aliphatic heterocycles. The van der Waals surface area contributed by atoms with E-state index < -0.39 is 27.3 Å². The predicted molar refractivity (Wildman–Crippen MR) is 66.4 cm³/mol. The van der Waals surface area contributed by atoms with Gasteiger partial charge in [-0.2, -0.15) is 0 Å². The third kappa shape index (κ3) is 2.82. The summed E-state index contributed by atoms with van der Waals surface area (Å²) in [4.78, 5) is 3.30. The molecule has 1 aromatic carbocycles. The van der Waals surface area contributed by atoms with Gasteiger partial charge in [0.2, 0.25) is 0 Å². The maximum absolute atomic E-state index is 13.4. The molecule has 0 radical (unpaired) electrons. The van der Waals surface area contributed by atoms with E-state index >= 15 is 0 Å². The fourth-order valence-electron chi connectivity index (χ4n) is 1.34. The minimum Gasteiger partial charge on any atom is -0.276 e. The monoisotopic (exact) mass is 304 g/mol. The van der Waals surface area contributed by atoms with E-state index in [0.29, 0.717) is 0 Å². The number of nitrogens with zero attached hydrogens (tertiary/aromatic N) is 1. The molecule has 0 spiro atoms. The summed E-state index contributed by atoms with van der Waals surface area (Å²) in [6.45, 7) is 0. The largest absolute Gasteiger partial charge is 0.276 e. The van der Waals surface area contributed by atoms with Gasteiger partial charge < -0.3 is 0 Å². The highest BCUT2D eigenvalue weighted by Crippen LogP contribution is 2.24. The van der Waals surface area contributed by atoms with Gasteiger partial charge in [-0.25, -0.2) is 17.2 Å². The van der Waals surface area contributed by atoms with Gasteiger partial charge in [-0.15, -0.1) is 0 Å². The molecule has 19 heavy (non-hydrogen) atoms. The number of hydrogen-bond acceptors (Lipinski definition) is 3. The van der Waals surface area contributed by atoms with Crippen molar-refractivity contribution in [2.75, 3.05) is 4.72 Å². The van der Waals surface area contributed by atoms with E-state index in [1.807, 2.05) is 4.72 Å². The number of anilines is 1. The van der Waals surface area contributed by atoms with Gasteiger partial charge in [0, 0.05) is 12.4 Å². The number of sulfonamides is 1. The summed E-state index contributed by atoms with van der Waals surface area (Å²) in [6.07, 6.45) is 2.33. The summed E-state index contributed by atoms with van der Waals surface area (Å²) in [5, 5.41) is -0.0701. The van der Waals surface area contributed by atoms with Gasteiger partial charge in [0.25, 0.3) is 10.0 Å². The second-order valence-electron chi connectivity index (χ2n) is 3.51. The van der Waals surface area contributed by atoms with Crippen LogP contribution >= 0.6 is 11.6 Å². The molecule has 8 heteroatoms. The van der Waals surface area contributed by atoms with Crippen molar-refractivity contribution < 1.29 is 17.2 Å². The Bertz CT molecular complexity index is 722. The molecule has 1 aromatic heterocycles. The molecule has 0 saturated carbocycles. The summed E-state index contributed by atoms with van der Waals surface area (Å²) in [7, 11) is -4.13. The fourth-order valence-corrected chi connectivity index (χ4v) is 2.83. The molecular formula is C11H7ClF2N2O2S. The Morgan fingerprint density at radius 1 is 1.21 bits per heavy atom. The molecule has 0 amide bonds. The molecule has 0 bridgehead atoms. The number of hydrogen-bond donors (Lipinski definition) is 1. The Kier molecular flexibility index (Phi) is 3.68. The molecule has 0 saturated heterocycles. The smallest absolute Gasteiger partial charge is 0.265 e. The van der Waals surface area contributed by atoms with Crippen LogP contribution in [0.15, 0.2) is 41.6 Å². The fraction of sp³-hybridized carbons (Fsp3) is 0. The molecule has 1 N–H and O–H groups in total. The van der Waals surface area contributed by atoms with E-state index in [0.717, 1.165) is 18.3 Å². The highest BCUT2D eigenvalue weighted by molar-refractivity contribution is 7.92. The van der Waals surface area contributed by atoms with Crippen molar-refractivity contribution in [3.63, 3.8) is 0 Å². The van der Waals surface area contributed by atoms with E-state index in [4.69, 9.17) is 11.6 Å². The van der Waals surface area contributed by atoms with Crippen molar-refractivity contribution >= 4 is 27.3 Å². The van der Waals surface area contributed by atoms with Crippen LogP contribution in [0, 0.1) is 11.6 Å². The van der Waals surface area contributed by atoms with Crippen LogP contribution in [0.2, 0.25) is 5.02 Å². The van der Waals surface area contributed by atoms with Crippen molar-refractivity contribution in [3.8, 4) is 0 Å². The topological polar surface area (TPSA) is 59.1 Å². The first-order valence-corrected chi connectivity index (χ1v) is 6.84. The predicted octanol–water partition coefficient (Wildman–Crippen LogP) is 2.81. The summed E-state index contributed by atoms with van der Waals surface area (Å²) in [6, 6.07) is 4.43. The third-order valence-corrected chi connectivity index (χ3v) is 4.05. The van der Waals surface area contributed by atoms with Crippen molar-refractivity contribution in [1.82, 2.24) is 4.98 Å². The number of pyridine rings is 1. The molecule has 0 fully saturated rings. The number of benzene rings is 1. The van der Waals surface area contributed by atoms with Gasteiger partial charge in [0.15, 0.2) is 11.6 Å². The van der Waals surface area contributed by atoms with E-state index in [9.17, 15) is 17.2 Å². The minimum atomic E-state index is -4.13. The molecule has 0 aliphatic carbocycles. The molecular weight excluding hydrogens is 298 g/mol. The molecule has 4 nitrogen and oxygen atoms in total. The van der Waals surface area contributed by atoms with Crippen molar-refractivity contribution in [2.45, 2.75) is 4.90 Å². The van der Waals surface area contributed by atoms with E-state index in [2.05, 4.69) is 4.98 Å². The van der Waals surface area contributed by atoms with Crippen LogP contribution in [0.5, 0.6) is 0 Å². The Labute approximate surface area is 113 Å². The maximum Gasteiger partial charge on any atom is 0.265 e. The second kappa shape index (κ2) is 5.10. The summed E-state index contributed by atoms with van der Waals surface area (Å²) < 4.78 is 52.2. The Hall–Kier alpha value is -1.73.